The van der Waals surface area contributed by atoms with Gasteiger partial charge in [-0.1, -0.05) is 18.2 Å². The molecule has 1 aromatic carbocycles. The van der Waals surface area contributed by atoms with Crippen LogP contribution in [0.3, 0.4) is 0 Å². The summed E-state index contributed by atoms with van der Waals surface area (Å²) in [4.78, 5) is 12.2. The summed E-state index contributed by atoms with van der Waals surface area (Å²) in [5.74, 6) is -0.190. The molecule has 122 valence electrons. The second-order valence-corrected chi connectivity index (χ2v) is 6.21. The lowest BCUT2D eigenvalue weighted by Gasteiger charge is -2.23. The van der Waals surface area contributed by atoms with Crippen LogP contribution >= 0.6 is 28.1 Å². The van der Waals surface area contributed by atoms with Crippen molar-refractivity contribution in [2.24, 2.45) is 5.73 Å². The number of nitrogens with two attached hydrogens (primary N) is 1. The van der Waals surface area contributed by atoms with E-state index in [9.17, 15) is 4.79 Å². The van der Waals surface area contributed by atoms with E-state index in [2.05, 4.69) is 26.5 Å². The van der Waals surface area contributed by atoms with E-state index in [1.165, 1.54) is 5.01 Å². The van der Waals surface area contributed by atoms with Crippen LogP contribution in [0.1, 0.15) is 17.8 Å². The second-order valence-electron chi connectivity index (χ2n) is 5.00. The van der Waals surface area contributed by atoms with Crippen molar-refractivity contribution in [1.29, 1.82) is 0 Å². The topological polar surface area (TPSA) is 76.2 Å². The molecule has 1 aromatic heterocycles. The number of hydrogen-bond acceptors (Lipinski definition) is 3. The van der Waals surface area contributed by atoms with Crippen molar-refractivity contribution < 1.29 is 4.79 Å². The van der Waals surface area contributed by atoms with Gasteiger partial charge in [0.05, 0.1) is 22.4 Å². The van der Waals surface area contributed by atoms with Gasteiger partial charge in [0.2, 0.25) is 5.91 Å². The predicted molar refractivity (Wildman–Crippen MR) is 97.9 cm³/mol. The fourth-order valence-electron chi connectivity index (χ4n) is 2.10. The fourth-order valence-corrected chi connectivity index (χ4v) is 2.54. The zero-order valence-corrected chi connectivity index (χ0v) is 15.3. The summed E-state index contributed by atoms with van der Waals surface area (Å²) in [6, 6.07) is 9.21. The number of thiocarbonyl (C=S) groups is 1. The van der Waals surface area contributed by atoms with Crippen LogP contribution < -0.4 is 16.2 Å². The molecule has 2 aromatic rings. The Kier molecular flexibility index (Phi) is 5.73. The van der Waals surface area contributed by atoms with Crippen molar-refractivity contribution in [3.8, 4) is 0 Å². The van der Waals surface area contributed by atoms with Crippen molar-refractivity contribution in [1.82, 2.24) is 15.2 Å². The van der Waals surface area contributed by atoms with E-state index in [0.29, 0.717) is 12.2 Å². The Balaban J connectivity index is 2.00. The number of carbonyl (C=O) groups excluding carboxylic acids is 1. The first-order chi connectivity index (χ1) is 10.9. The van der Waals surface area contributed by atoms with Gasteiger partial charge in [0.1, 0.15) is 0 Å². The number of nitrogens with zero attached hydrogens (tertiary/aromatic N) is 3. The molecule has 0 bridgehead atoms. The van der Waals surface area contributed by atoms with Gasteiger partial charge in [0.25, 0.3) is 0 Å². The molecule has 0 atom stereocenters. The van der Waals surface area contributed by atoms with Gasteiger partial charge >= 0.3 is 0 Å². The van der Waals surface area contributed by atoms with Gasteiger partial charge in [-0.05, 0) is 54.1 Å². The molecule has 0 aliphatic rings. The predicted octanol–water partition coefficient (Wildman–Crippen LogP) is 2.43. The summed E-state index contributed by atoms with van der Waals surface area (Å²) >= 11 is 8.47. The van der Waals surface area contributed by atoms with Crippen LogP contribution in [0.25, 0.3) is 0 Å². The highest BCUT2D eigenvalue weighted by Crippen LogP contribution is 2.19. The Bertz CT molecular complexity index is 716. The summed E-state index contributed by atoms with van der Waals surface area (Å²) < 4.78 is 2.76. The highest BCUT2D eigenvalue weighted by molar-refractivity contribution is 9.10. The first kappa shape index (κ1) is 17.4. The van der Waals surface area contributed by atoms with Crippen molar-refractivity contribution >= 4 is 44.9 Å². The van der Waals surface area contributed by atoms with Gasteiger partial charge in [-0.3, -0.25) is 14.9 Å². The summed E-state index contributed by atoms with van der Waals surface area (Å²) in [5, 5.41) is 5.86. The largest absolute Gasteiger partial charge is 0.374 e. The molecule has 0 saturated heterocycles. The third kappa shape index (κ3) is 4.29. The van der Waals surface area contributed by atoms with Gasteiger partial charge in [0.15, 0.2) is 5.11 Å². The van der Waals surface area contributed by atoms with Gasteiger partial charge < -0.3 is 5.73 Å². The smallest absolute Gasteiger partial charge is 0.240 e. The number of hydrazine groups is 1. The maximum Gasteiger partial charge on any atom is 0.240 e. The van der Waals surface area contributed by atoms with Crippen molar-refractivity contribution in [3.05, 3.63) is 46.2 Å². The molecule has 3 N–H and O–H groups in total. The monoisotopic (exact) mass is 395 g/mol. The Hall–Kier alpha value is -1.93. The van der Waals surface area contributed by atoms with Gasteiger partial charge in [-0.15, -0.1) is 0 Å². The van der Waals surface area contributed by atoms with Crippen LogP contribution in [-0.4, -0.2) is 20.8 Å². The van der Waals surface area contributed by atoms with Gasteiger partial charge in [-0.2, -0.15) is 5.10 Å². The molecular weight excluding hydrogens is 378 g/mol. The summed E-state index contributed by atoms with van der Waals surface area (Å²) in [7, 11) is 0. The van der Waals surface area contributed by atoms with E-state index in [4.69, 9.17) is 18.0 Å². The molecule has 23 heavy (non-hydrogen) atoms. The van der Waals surface area contributed by atoms with E-state index < -0.39 is 0 Å². The minimum absolute atomic E-state index is 0.0819. The zero-order chi connectivity index (χ0) is 17.0. The first-order valence-corrected chi connectivity index (χ1v) is 8.24. The lowest BCUT2D eigenvalue weighted by molar-refractivity contribution is -0.121. The van der Waals surface area contributed by atoms with Crippen LogP contribution in [-0.2, 0) is 11.3 Å². The fraction of sp³-hybridized carbons (Fsp3) is 0.267. The van der Waals surface area contributed by atoms with Crippen molar-refractivity contribution in [2.75, 3.05) is 5.01 Å². The molecule has 0 aliphatic carbocycles. The molecule has 0 spiro atoms. The number of nitrogens with one attached hydrogen (secondary N) is 1. The maximum atomic E-state index is 12.2. The molecule has 2 rings (SSSR count). The van der Waals surface area contributed by atoms with Crippen LogP contribution in [0.2, 0.25) is 0 Å². The molecule has 0 aliphatic heterocycles. The van der Waals surface area contributed by atoms with Crippen molar-refractivity contribution in [3.63, 3.8) is 0 Å². The molecule has 8 heteroatoms. The molecule has 6 nitrogen and oxygen atoms in total. The molecule has 0 fully saturated rings. The number of carbonyl (C=O) groups is 1. The minimum atomic E-state index is -0.190. The highest BCUT2D eigenvalue weighted by Gasteiger charge is 2.14. The lowest BCUT2D eigenvalue weighted by Crippen LogP contribution is -2.49. The summed E-state index contributed by atoms with van der Waals surface area (Å²) in [6.45, 7) is 4.34. The van der Waals surface area contributed by atoms with Crippen LogP contribution in [0.5, 0.6) is 0 Å². The molecule has 1 heterocycles. The van der Waals surface area contributed by atoms with E-state index in [0.717, 1.165) is 15.9 Å². The number of anilines is 1. The normalized spacial score (nSPS) is 10.4. The number of halogens is 1. The molecule has 0 radical (unpaired) electrons. The number of rotatable bonds is 4. The molecular formula is C15H18BrN5OS. The number of hydrogen-bond donors (Lipinski definition) is 2. The number of aryl methyl sites for hydroxylation is 2. The lowest BCUT2D eigenvalue weighted by atomic mass is 10.3. The number of para-hydroxylation sites is 1. The average molecular weight is 396 g/mol. The Morgan fingerprint density at radius 1 is 1.39 bits per heavy atom. The Labute approximate surface area is 148 Å². The van der Waals surface area contributed by atoms with E-state index >= 15 is 0 Å². The number of benzene rings is 1. The standard InChI is InChI=1S/C15H18BrN5OS/c1-10-14(16)11(2)20(18-10)9-8-13(22)19-21(15(17)23)12-6-4-3-5-7-12/h3-7H,8-9H2,1-2H3,(H2,17,23)(H,19,22). The summed E-state index contributed by atoms with van der Waals surface area (Å²) in [5.41, 5.74) is 11.0. The molecule has 1 amide bonds. The highest BCUT2D eigenvalue weighted by atomic mass is 79.9. The SMILES string of the molecule is Cc1nn(CCC(=O)NN(C(N)=S)c2ccccc2)c(C)c1Br. The third-order valence-electron chi connectivity index (χ3n) is 3.32. The van der Waals surface area contributed by atoms with E-state index in [-0.39, 0.29) is 17.4 Å². The first-order valence-electron chi connectivity index (χ1n) is 7.03. The van der Waals surface area contributed by atoms with E-state index in [1.54, 1.807) is 4.68 Å². The second kappa shape index (κ2) is 7.56. The minimum Gasteiger partial charge on any atom is -0.374 e. The summed E-state index contributed by atoms with van der Waals surface area (Å²) in [6.07, 6.45) is 0.264. The quantitative estimate of drug-likeness (QED) is 0.613. The zero-order valence-electron chi connectivity index (χ0n) is 12.9. The molecule has 0 unspecified atom stereocenters. The van der Waals surface area contributed by atoms with Crippen LogP contribution in [0.4, 0.5) is 5.69 Å². The van der Waals surface area contributed by atoms with Crippen molar-refractivity contribution in [2.45, 2.75) is 26.8 Å². The number of amides is 1. The average Bonchev–Trinajstić information content (AvgIpc) is 2.78. The Morgan fingerprint density at radius 2 is 2.04 bits per heavy atom. The maximum absolute atomic E-state index is 12.2. The Morgan fingerprint density at radius 3 is 2.57 bits per heavy atom. The van der Waals surface area contributed by atoms with Crippen LogP contribution in [0.15, 0.2) is 34.8 Å². The van der Waals surface area contributed by atoms with Crippen LogP contribution in [0, 0.1) is 13.8 Å². The van der Waals surface area contributed by atoms with E-state index in [1.807, 2.05) is 44.2 Å². The number of aromatic nitrogens is 2. The van der Waals surface area contributed by atoms with Gasteiger partial charge in [0, 0.05) is 12.1 Å². The third-order valence-corrected chi connectivity index (χ3v) is 4.65. The molecule has 0 saturated carbocycles. The van der Waals surface area contributed by atoms with Gasteiger partial charge in [-0.25, -0.2) is 5.01 Å².